The molecule has 1 aliphatic heterocycles. The van der Waals surface area contributed by atoms with Gasteiger partial charge in [0.1, 0.15) is 6.04 Å². The highest BCUT2D eigenvalue weighted by atomic mass is 19.4. The van der Waals surface area contributed by atoms with Crippen LogP contribution in [0.5, 0.6) is 0 Å². The molecule has 1 aliphatic rings. The van der Waals surface area contributed by atoms with Gasteiger partial charge in [0, 0.05) is 12.0 Å². The van der Waals surface area contributed by atoms with Crippen LogP contribution in [0.2, 0.25) is 0 Å². The summed E-state index contributed by atoms with van der Waals surface area (Å²) in [6.07, 6.45) is -4.46. The van der Waals surface area contributed by atoms with Gasteiger partial charge in [-0.05, 0) is 12.0 Å². The third-order valence-corrected chi connectivity index (χ3v) is 4.15. The van der Waals surface area contributed by atoms with Gasteiger partial charge in [0.2, 0.25) is 0 Å². The molecule has 0 saturated carbocycles. The number of hydrogen-bond acceptors (Lipinski definition) is 2. The second-order valence-electron chi connectivity index (χ2n) is 7.63. The molecule has 8 heteroatoms. The monoisotopic (exact) mass is 346 g/mol. The normalized spacial score (nSPS) is 17.0. The molecule has 0 aliphatic carbocycles. The number of hydrogen-bond donors (Lipinski definition) is 1. The number of amides is 2. The van der Waals surface area contributed by atoms with Crippen molar-refractivity contribution in [3.05, 3.63) is 17.5 Å². The highest BCUT2D eigenvalue weighted by Gasteiger charge is 2.43. The molecule has 0 fully saturated rings. The molecule has 0 saturated heterocycles. The van der Waals surface area contributed by atoms with Gasteiger partial charge < -0.3 is 10.2 Å². The van der Waals surface area contributed by atoms with Gasteiger partial charge in [0.05, 0.1) is 24.5 Å². The van der Waals surface area contributed by atoms with Crippen molar-refractivity contribution in [1.82, 2.24) is 20.0 Å². The van der Waals surface area contributed by atoms with Crippen LogP contribution in [0.1, 0.15) is 46.0 Å². The molecule has 24 heavy (non-hydrogen) atoms. The van der Waals surface area contributed by atoms with E-state index in [2.05, 4.69) is 10.4 Å². The largest absolute Gasteiger partial charge is 0.408 e. The lowest BCUT2D eigenvalue weighted by Gasteiger charge is -2.31. The molecule has 136 valence electrons. The summed E-state index contributed by atoms with van der Waals surface area (Å²) < 4.78 is 40.9. The van der Waals surface area contributed by atoms with E-state index in [1.165, 1.54) is 18.7 Å². The Labute approximate surface area is 140 Å². The Hall–Kier alpha value is -1.73. The van der Waals surface area contributed by atoms with E-state index in [1.807, 2.05) is 31.5 Å². The summed E-state index contributed by atoms with van der Waals surface area (Å²) in [6.45, 7) is 10.1. The Balaban J connectivity index is 2.09. The lowest BCUT2D eigenvalue weighted by molar-refractivity contribution is -0.162. The van der Waals surface area contributed by atoms with Gasteiger partial charge >= 0.3 is 12.2 Å². The van der Waals surface area contributed by atoms with Crippen LogP contribution in [-0.2, 0) is 18.5 Å². The van der Waals surface area contributed by atoms with Crippen molar-refractivity contribution in [3.63, 3.8) is 0 Å². The molecule has 0 aromatic carbocycles. The van der Waals surface area contributed by atoms with Crippen molar-refractivity contribution in [3.8, 4) is 0 Å². The number of nitrogens with zero attached hydrogens (tertiary/aromatic N) is 3. The third kappa shape index (κ3) is 4.02. The van der Waals surface area contributed by atoms with Crippen molar-refractivity contribution in [1.29, 1.82) is 0 Å². The molecular weight excluding hydrogens is 321 g/mol. The highest BCUT2D eigenvalue weighted by Crippen LogP contribution is 2.27. The molecule has 0 unspecified atom stereocenters. The van der Waals surface area contributed by atoms with Crippen LogP contribution in [0.3, 0.4) is 0 Å². The van der Waals surface area contributed by atoms with Crippen LogP contribution in [0.4, 0.5) is 18.0 Å². The van der Waals surface area contributed by atoms with E-state index in [0.29, 0.717) is 13.1 Å². The maximum Gasteiger partial charge on any atom is 0.408 e. The maximum absolute atomic E-state index is 13.0. The molecule has 2 heterocycles. The molecule has 0 bridgehead atoms. The van der Waals surface area contributed by atoms with Crippen LogP contribution >= 0.6 is 0 Å². The lowest BCUT2D eigenvalue weighted by Crippen LogP contribution is -2.54. The summed E-state index contributed by atoms with van der Waals surface area (Å²) in [5.74, 6) is -0.725. The fourth-order valence-electron chi connectivity index (χ4n) is 2.66. The number of carbonyl (C=O) groups excluding carboxylic acids is 1. The fourth-order valence-corrected chi connectivity index (χ4v) is 2.66. The summed E-state index contributed by atoms with van der Waals surface area (Å²) in [5.41, 5.74) is 1.64. The average Bonchev–Trinajstić information content (AvgIpc) is 2.85. The van der Waals surface area contributed by atoms with Crippen LogP contribution in [0, 0.1) is 5.92 Å². The van der Waals surface area contributed by atoms with E-state index in [-0.39, 0.29) is 12.0 Å². The van der Waals surface area contributed by atoms with Crippen LogP contribution < -0.4 is 5.32 Å². The van der Waals surface area contributed by atoms with Crippen molar-refractivity contribution < 1.29 is 18.0 Å². The first-order chi connectivity index (χ1) is 10.9. The quantitative estimate of drug-likeness (QED) is 0.893. The van der Waals surface area contributed by atoms with Gasteiger partial charge in [-0.1, -0.05) is 34.6 Å². The van der Waals surface area contributed by atoms with Crippen LogP contribution in [0.15, 0.2) is 6.07 Å². The van der Waals surface area contributed by atoms with Gasteiger partial charge in [-0.15, -0.1) is 0 Å². The Morgan fingerprint density at radius 1 is 1.25 bits per heavy atom. The molecule has 0 radical (unpaired) electrons. The van der Waals surface area contributed by atoms with E-state index >= 15 is 0 Å². The maximum atomic E-state index is 13.0. The lowest BCUT2D eigenvalue weighted by atomic mass is 9.92. The average molecular weight is 346 g/mol. The molecule has 2 amide bonds. The van der Waals surface area contributed by atoms with Gasteiger partial charge in [-0.3, -0.25) is 4.68 Å². The van der Waals surface area contributed by atoms with E-state index in [4.69, 9.17) is 0 Å². The van der Waals surface area contributed by atoms with Gasteiger partial charge in [-0.2, -0.15) is 18.3 Å². The first-order valence-corrected chi connectivity index (χ1v) is 8.09. The third-order valence-electron chi connectivity index (χ3n) is 4.15. The smallest absolute Gasteiger partial charge is 0.326 e. The number of halogens is 3. The molecule has 1 aromatic heterocycles. The van der Waals surface area contributed by atoms with Gasteiger partial charge in [0.25, 0.3) is 0 Å². The summed E-state index contributed by atoms with van der Waals surface area (Å²) in [7, 11) is 0. The first-order valence-electron chi connectivity index (χ1n) is 8.09. The minimum absolute atomic E-state index is 0.115. The Morgan fingerprint density at radius 2 is 1.88 bits per heavy atom. The van der Waals surface area contributed by atoms with Crippen molar-refractivity contribution in [2.75, 3.05) is 6.54 Å². The number of rotatable bonds is 2. The minimum atomic E-state index is -4.46. The number of aromatic nitrogens is 2. The molecule has 1 N–H and O–H groups in total. The number of alkyl halides is 3. The fraction of sp³-hybridized carbons (Fsp3) is 0.750. The Morgan fingerprint density at radius 3 is 2.38 bits per heavy atom. The second kappa shape index (κ2) is 6.29. The Bertz CT molecular complexity index is 601. The molecule has 1 atom stereocenters. The highest BCUT2D eigenvalue weighted by molar-refractivity contribution is 5.74. The summed E-state index contributed by atoms with van der Waals surface area (Å²) in [4.78, 5) is 13.7. The SMILES string of the molecule is CC(C)[C@H](NC(=O)N1CCn2nc(C(C)(C)C)cc2C1)C(F)(F)F. The molecule has 5 nitrogen and oxygen atoms in total. The van der Waals surface area contributed by atoms with Crippen LogP contribution in [-0.4, -0.2) is 39.5 Å². The van der Waals surface area contributed by atoms with Crippen LogP contribution in [0.25, 0.3) is 0 Å². The summed E-state index contributed by atoms with van der Waals surface area (Å²) in [5, 5.41) is 6.65. The molecule has 2 rings (SSSR count). The predicted molar refractivity (Wildman–Crippen MR) is 84.5 cm³/mol. The number of carbonyl (C=O) groups is 1. The number of urea groups is 1. The first kappa shape index (κ1) is 18.6. The topological polar surface area (TPSA) is 50.2 Å². The van der Waals surface area contributed by atoms with Gasteiger partial charge in [-0.25, -0.2) is 4.79 Å². The van der Waals surface area contributed by atoms with E-state index in [1.54, 1.807) is 0 Å². The summed E-state index contributed by atoms with van der Waals surface area (Å²) in [6, 6.07) is -0.610. The number of fused-ring (bicyclic) bond motifs is 1. The molecular formula is C16H25F3N4O. The van der Waals surface area contributed by atoms with Crippen molar-refractivity contribution in [2.24, 2.45) is 5.92 Å². The van der Waals surface area contributed by atoms with Crippen molar-refractivity contribution >= 4 is 6.03 Å². The van der Waals surface area contributed by atoms with E-state index in [9.17, 15) is 18.0 Å². The summed E-state index contributed by atoms with van der Waals surface area (Å²) >= 11 is 0. The van der Waals surface area contributed by atoms with E-state index in [0.717, 1.165) is 11.4 Å². The molecule has 0 spiro atoms. The minimum Gasteiger partial charge on any atom is -0.326 e. The predicted octanol–water partition coefficient (Wildman–Crippen LogP) is 3.29. The Kier molecular flexibility index (Phi) is 4.88. The zero-order chi connectivity index (χ0) is 18.3. The standard InChI is InChI=1S/C16H25F3N4O/c1-10(2)13(16(17,18)19)20-14(24)22-6-7-23-11(9-22)8-12(21-23)15(3,4)5/h8,10,13H,6-7,9H2,1-5H3,(H,20,24)/t13-/m0/s1. The second-order valence-corrected chi connectivity index (χ2v) is 7.63. The van der Waals surface area contributed by atoms with E-state index < -0.39 is 24.2 Å². The van der Waals surface area contributed by atoms with Crippen molar-refractivity contribution in [2.45, 2.75) is 65.3 Å². The zero-order valence-electron chi connectivity index (χ0n) is 14.7. The zero-order valence-corrected chi connectivity index (χ0v) is 14.7. The molecule has 1 aromatic rings. The van der Waals surface area contributed by atoms with Gasteiger partial charge in [0.15, 0.2) is 0 Å². The number of nitrogens with one attached hydrogen (secondary N) is 1.